The zero-order valence-corrected chi connectivity index (χ0v) is 11.3. The molecule has 0 amide bonds. The summed E-state index contributed by atoms with van der Waals surface area (Å²) in [5.74, 6) is 0.601. The predicted octanol–water partition coefficient (Wildman–Crippen LogP) is 3.01. The molecule has 2 nitrogen and oxygen atoms in total. The smallest absolute Gasteiger partial charge is 0.0719 e. The summed E-state index contributed by atoms with van der Waals surface area (Å²) in [6.07, 6.45) is 1.08. The summed E-state index contributed by atoms with van der Waals surface area (Å²) in [5, 5.41) is 3.36. The minimum atomic E-state index is 0.601. The summed E-state index contributed by atoms with van der Waals surface area (Å²) in [6.45, 7) is 10.1. The molecule has 0 radical (unpaired) electrons. The Morgan fingerprint density at radius 1 is 1.18 bits per heavy atom. The normalized spacial score (nSPS) is 11.1. The van der Waals surface area contributed by atoms with Crippen LogP contribution >= 0.6 is 0 Å². The summed E-state index contributed by atoms with van der Waals surface area (Å²) in [4.78, 5) is 0. The highest BCUT2D eigenvalue weighted by molar-refractivity contribution is 5.26. The Morgan fingerprint density at radius 2 is 1.88 bits per heavy atom. The van der Waals surface area contributed by atoms with Gasteiger partial charge < -0.3 is 10.1 Å². The lowest BCUT2D eigenvalue weighted by atomic mass is 10.1. The molecule has 0 aliphatic carbocycles. The molecule has 1 rings (SSSR count). The van der Waals surface area contributed by atoms with Gasteiger partial charge in [-0.1, -0.05) is 45.0 Å². The van der Waals surface area contributed by atoms with E-state index in [-0.39, 0.29) is 0 Å². The molecule has 0 fully saturated rings. The van der Waals surface area contributed by atoms with Gasteiger partial charge >= 0.3 is 0 Å². The van der Waals surface area contributed by atoms with Crippen LogP contribution in [0.15, 0.2) is 24.3 Å². The number of hydrogen-bond acceptors (Lipinski definition) is 2. The second-order valence-electron chi connectivity index (χ2n) is 4.78. The molecule has 0 atom stereocenters. The predicted molar refractivity (Wildman–Crippen MR) is 73.2 cm³/mol. The third-order valence-electron chi connectivity index (χ3n) is 2.65. The molecule has 0 aromatic heterocycles. The minimum Gasteiger partial charge on any atom is -0.376 e. The van der Waals surface area contributed by atoms with Crippen molar-refractivity contribution in [2.75, 3.05) is 19.7 Å². The molecule has 0 spiro atoms. The van der Waals surface area contributed by atoms with Crippen molar-refractivity contribution in [1.82, 2.24) is 5.32 Å². The lowest BCUT2D eigenvalue weighted by Crippen LogP contribution is -2.17. The Kier molecular flexibility index (Phi) is 6.90. The zero-order valence-electron chi connectivity index (χ0n) is 11.3. The first-order chi connectivity index (χ1) is 8.24. The van der Waals surface area contributed by atoms with E-state index < -0.39 is 0 Å². The molecule has 0 saturated carbocycles. The highest BCUT2D eigenvalue weighted by atomic mass is 16.5. The molecule has 96 valence electrons. The average Bonchev–Trinajstić information content (AvgIpc) is 2.31. The van der Waals surface area contributed by atoms with E-state index in [2.05, 4.69) is 50.4 Å². The van der Waals surface area contributed by atoms with Crippen molar-refractivity contribution >= 4 is 0 Å². The van der Waals surface area contributed by atoms with Crippen LogP contribution in [0, 0.1) is 5.92 Å². The van der Waals surface area contributed by atoms with Crippen LogP contribution in [0.5, 0.6) is 0 Å². The summed E-state index contributed by atoms with van der Waals surface area (Å²) < 4.78 is 5.71. The van der Waals surface area contributed by atoms with Gasteiger partial charge in [0.1, 0.15) is 0 Å². The molecule has 0 heterocycles. The third kappa shape index (κ3) is 5.85. The van der Waals surface area contributed by atoms with Gasteiger partial charge in [-0.3, -0.25) is 0 Å². The Morgan fingerprint density at radius 3 is 2.53 bits per heavy atom. The fourth-order valence-corrected chi connectivity index (χ4v) is 1.75. The first-order valence-electron chi connectivity index (χ1n) is 6.59. The SMILES string of the molecule is CCNCCc1ccccc1COCC(C)C. The van der Waals surface area contributed by atoms with Gasteiger partial charge in [0, 0.05) is 6.61 Å². The molecule has 1 N–H and O–H groups in total. The minimum absolute atomic E-state index is 0.601. The number of likely N-dealkylation sites (N-methyl/N-ethyl adjacent to an activating group) is 1. The van der Waals surface area contributed by atoms with Crippen LogP contribution in [0.2, 0.25) is 0 Å². The topological polar surface area (TPSA) is 21.3 Å². The third-order valence-corrected chi connectivity index (χ3v) is 2.65. The van der Waals surface area contributed by atoms with Crippen LogP contribution in [0.4, 0.5) is 0 Å². The Bertz CT molecular complexity index is 310. The largest absolute Gasteiger partial charge is 0.376 e. The van der Waals surface area contributed by atoms with E-state index in [1.54, 1.807) is 0 Å². The molecule has 0 aliphatic heterocycles. The zero-order chi connectivity index (χ0) is 12.5. The van der Waals surface area contributed by atoms with E-state index in [1.165, 1.54) is 11.1 Å². The second kappa shape index (κ2) is 8.26. The van der Waals surface area contributed by atoms with Gasteiger partial charge in [0.25, 0.3) is 0 Å². The van der Waals surface area contributed by atoms with Crippen molar-refractivity contribution in [2.45, 2.75) is 33.8 Å². The van der Waals surface area contributed by atoms with Crippen LogP contribution in [0.3, 0.4) is 0 Å². The van der Waals surface area contributed by atoms with Crippen molar-refractivity contribution in [3.05, 3.63) is 35.4 Å². The van der Waals surface area contributed by atoms with Crippen LogP contribution in [0.1, 0.15) is 31.9 Å². The van der Waals surface area contributed by atoms with E-state index in [9.17, 15) is 0 Å². The van der Waals surface area contributed by atoms with Crippen molar-refractivity contribution < 1.29 is 4.74 Å². The van der Waals surface area contributed by atoms with Crippen molar-refractivity contribution in [1.29, 1.82) is 0 Å². The first kappa shape index (κ1) is 14.2. The van der Waals surface area contributed by atoms with Gasteiger partial charge in [-0.2, -0.15) is 0 Å². The van der Waals surface area contributed by atoms with Crippen molar-refractivity contribution in [3.63, 3.8) is 0 Å². The fourth-order valence-electron chi connectivity index (χ4n) is 1.75. The van der Waals surface area contributed by atoms with E-state index >= 15 is 0 Å². The van der Waals surface area contributed by atoms with Gasteiger partial charge in [0.15, 0.2) is 0 Å². The number of rotatable bonds is 8. The molecular weight excluding hydrogens is 210 g/mol. The molecule has 0 unspecified atom stereocenters. The maximum atomic E-state index is 5.71. The molecule has 17 heavy (non-hydrogen) atoms. The molecule has 2 heteroatoms. The summed E-state index contributed by atoms with van der Waals surface area (Å²) in [7, 11) is 0. The molecule has 0 bridgehead atoms. The lowest BCUT2D eigenvalue weighted by Gasteiger charge is -2.11. The Labute approximate surface area is 105 Å². The Balaban J connectivity index is 2.46. The maximum Gasteiger partial charge on any atom is 0.0719 e. The number of ether oxygens (including phenoxy) is 1. The number of benzene rings is 1. The van der Waals surface area contributed by atoms with Gasteiger partial charge in [-0.05, 0) is 36.6 Å². The average molecular weight is 235 g/mol. The highest BCUT2D eigenvalue weighted by Crippen LogP contribution is 2.11. The summed E-state index contributed by atoms with van der Waals surface area (Å²) in [6, 6.07) is 8.56. The summed E-state index contributed by atoms with van der Waals surface area (Å²) in [5.41, 5.74) is 2.73. The second-order valence-corrected chi connectivity index (χ2v) is 4.78. The van der Waals surface area contributed by atoms with Gasteiger partial charge in [-0.15, -0.1) is 0 Å². The molecule has 0 aliphatic rings. The van der Waals surface area contributed by atoms with Crippen LogP contribution in [-0.4, -0.2) is 19.7 Å². The van der Waals surface area contributed by atoms with E-state index in [0.717, 1.165) is 32.7 Å². The highest BCUT2D eigenvalue weighted by Gasteiger charge is 2.02. The molecule has 1 aromatic rings. The van der Waals surface area contributed by atoms with Gasteiger partial charge in [0.05, 0.1) is 6.61 Å². The van der Waals surface area contributed by atoms with Crippen LogP contribution in [-0.2, 0) is 17.8 Å². The lowest BCUT2D eigenvalue weighted by molar-refractivity contribution is 0.0966. The van der Waals surface area contributed by atoms with Crippen LogP contribution < -0.4 is 5.32 Å². The van der Waals surface area contributed by atoms with E-state index in [0.29, 0.717) is 5.92 Å². The van der Waals surface area contributed by atoms with Crippen molar-refractivity contribution in [2.24, 2.45) is 5.92 Å². The number of hydrogen-bond donors (Lipinski definition) is 1. The first-order valence-corrected chi connectivity index (χ1v) is 6.59. The fraction of sp³-hybridized carbons (Fsp3) is 0.600. The molecule has 1 aromatic carbocycles. The van der Waals surface area contributed by atoms with E-state index in [4.69, 9.17) is 4.74 Å². The van der Waals surface area contributed by atoms with E-state index in [1.807, 2.05) is 0 Å². The summed E-state index contributed by atoms with van der Waals surface area (Å²) >= 11 is 0. The maximum absolute atomic E-state index is 5.71. The van der Waals surface area contributed by atoms with Crippen molar-refractivity contribution in [3.8, 4) is 0 Å². The quantitative estimate of drug-likeness (QED) is 0.699. The standard InChI is InChI=1S/C15H25NO/c1-4-16-10-9-14-7-5-6-8-15(14)12-17-11-13(2)3/h5-8,13,16H,4,9-12H2,1-3H3. The molecular formula is C15H25NO. The van der Waals surface area contributed by atoms with Gasteiger partial charge in [-0.25, -0.2) is 0 Å². The monoisotopic (exact) mass is 235 g/mol. The van der Waals surface area contributed by atoms with Gasteiger partial charge in [0.2, 0.25) is 0 Å². The van der Waals surface area contributed by atoms with Crippen LogP contribution in [0.25, 0.3) is 0 Å². The number of nitrogens with one attached hydrogen (secondary N) is 1. The molecule has 0 saturated heterocycles. The Hall–Kier alpha value is -0.860.